The molecule has 29 heavy (non-hydrogen) atoms. The molecule has 3 heterocycles. The molecule has 0 spiro atoms. The zero-order chi connectivity index (χ0) is 20.4. The van der Waals surface area contributed by atoms with Gasteiger partial charge in [-0.05, 0) is 24.3 Å². The molecule has 3 aromatic rings. The van der Waals surface area contributed by atoms with Crippen LogP contribution in [0.2, 0.25) is 5.02 Å². The summed E-state index contributed by atoms with van der Waals surface area (Å²) in [6, 6.07) is 11.2. The SMILES string of the molecule is FC(F)(F)c1nnc(CN2CCN(c3ccc(-c4ccc(Cl)cc4)nn3)CC2)o1. The molecule has 1 saturated heterocycles. The summed E-state index contributed by atoms with van der Waals surface area (Å²) in [5.74, 6) is -0.611. The smallest absolute Gasteiger partial charge is 0.416 e. The first-order chi connectivity index (χ1) is 13.9. The third-order valence-electron chi connectivity index (χ3n) is 4.55. The normalized spacial score (nSPS) is 15.7. The van der Waals surface area contributed by atoms with Gasteiger partial charge < -0.3 is 9.32 Å². The minimum absolute atomic E-state index is 0.0436. The van der Waals surface area contributed by atoms with Crippen molar-refractivity contribution in [3.8, 4) is 11.3 Å². The van der Waals surface area contributed by atoms with Gasteiger partial charge in [0.05, 0.1) is 12.2 Å². The largest absolute Gasteiger partial charge is 0.470 e. The van der Waals surface area contributed by atoms with Gasteiger partial charge in [-0.15, -0.1) is 20.4 Å². The van der Waals surface area contributed by atoms with E-state index in [2.05, 4.69) is 25.3 Å². The molecule has 1 aromatic carbocycles. The molecule has 11 heteroatoms. The highest BCUT2D eigenvalue weighted by Crippen LogP contribution is 2.28. The van der Waals surface area contributed by atoms with Crippen LogP contribution in [0.25, 0.3) is 11.3 Å². The Hall–Kier alpha value is -2.72. The topological polar surface area (TPSA) is 71.2 Å². The van der Waals surface area contributed by atoms with Gasteiger partial charge in [0.15, 0.2) is 5.82 Å². The minimum Gasteiger partial charge on any atom is -0.416 e. The second-order valence-corrected chi connectivity index (χ2v) is 6.98. The molecule has 2 aromatic heterocycles. The van der Waals surface area contributed by atoms with Crippen LogP contribution in [0, 0.1) is 0 Å². The Balaban J connectivity index is 1.33. The first-order valence-electron chi connectivity index (χ1n) is 8.85. The third-order valence-corrected chi connectivity index (χ3v) is 4.81. The monoisotopic (exact) mass is 424 g/mol. The maximum atomic E-state index is 12.5. The van der Waals surface area contributed by atoms with E-state index in [9.17, 15) is 13.2 Å². The van der Waals surface area contributed by atoms with Crippen LogP contribution >= 0.6 is 11.6 Å². The van der Waals surface area contributed by atoms with Gasteiger partial charge in [0, 0.05) is 36.8 Å². The van der Waals surface area contributed by atoms with Crippen LogP contribution in [0.1, 0.15) is 11.8 Å². The van der Waals surface area contributed by atoms with Gasteiger partial charge in [-0.3, -0.25) is 4.90 Å². The van der Waals surface area contributed by atoms with E-state index in [1.807, 2.05) is 29.2 Å². The Labute approximate surface area is 169 Å². The average molecular weight is 425 g/mol. The lowest BCUT2D eigenvalue weighted by Gasteiger charge is -2.34. The predicted molar refractivity (Wildman–Crippen MR) is 99.3 cm³/mol. The predicted octanol–water partition coefficient (Wildman–Crippen LogP) is 3.52. The maximum absolute atomic E-state index is 12.5. The summed E-state index contributed by atoms with van der Waals surface area (Å²) >= 11 is 5.90. The van der Waals surface area contributed by atoms with Crippen LogP contribution in [-0.2, 0) is 12.7 Å². The number of nitrogens with zero attached hydrogens (tertiary/aromatic N) is 6. The Morgan fingerprint density at radius 2 is 1.62 bits per heavy atom. The van der Waals surface area contributed by atoms with Crippen molar-refractivity contribution in [2.75, 3.05) is 31.1 Å². The standard InChI is InChI=1S/C18H16ClF3N6O/c19-13-3-1-12(2-4-13)14-5-6-15(24-23-14)28-9-7-27(8-10-28)11-16-25-26-17(29-16)18(20,21)22/h1-6H,7-11H2. The number of alkyl halides is 3. The van der Waals surface area contributed by atoms with Crippen molar-refractivity contribution in [1.82, 2.24) is 25.3 Å². The Bertz CT molecular complexity index is 953. The number of rotatable bonds is 4. The van der Waals surface area contributed by atoms with Crippen LogP contribution < -0.4 is 4.90 Å². The molecule has 0 bridgehead atoms. The molecule has 1 aliphatic heterocycles. The number of hydrogen-bond donors (Lipinski definition) is 0. The summed E-state index contributed by atoms with van der Waals surface area (Å²) in [5, 5.41) is 15.8. The van der Waals surface area contributed by atoms with Gasteiger partial charge in [-0.2, -0.15) is 13.2 Å². The fourth-order valence-corrected chi connectivity index (χ4v) is 3.15. The van der Waals surface area contributed by atoms with Crippen molar-refractivity contribution in [2.24, 2.45) is 0 Å². The van der Waals surface area contributed by atoms with Crippen LogP contribution in [0.3, 0.4) is 0 Å². The highest BCUT2D eigenvalue weighted by molar-refractivity contribution is 6.30. The van der Waals surface area contributed by atoms with Gasteiger partial charge in [0.1, 0.15) is 0 Å². The molecular weight excluding hydrogens is 409 g/mol. The molecule has 0 atom stereocenters. The molecule has 1 fully saturated rings. The number of anilines is 1. The van der Waals surface area contributed by atoms with E-state index in [4.69, 9.17) is 16.0 Å². The van der Waals surface area contributed by atoms with Crippen LogP contribution in [0.15, 0.2) is 40.8 Å². The maximum Gasteiger partial charge on any atom is 0.470 e. The van der Waals surface area contributed by atoms with Crippen LogP contribution in [0.5, 0.6) is 0 Å². The molecular formula is C18H16ClF3N6O. The van der Waals surface area contributed by atoms with Crippen molar-refractivity contribution in [3.63, 3.8) is 0 Å². The fourth-order valence-electron chi connectivity index (χ4n) is 3.03. The minimum atomic E-state index is -4.62. The van der Waals surface area contributed by atoms with E-state index in [-0.39, 0.29) is 12.4 Å². The van der Waals surface area contributed by atoms with Crippen molar-refractivity contribution in [1.29, 1.82) is 0 Å². The number of piperazine rings is 1. The summed E-state index contributed by atoms with van der Waals surface area (Å²) in [6.45, 7) is 2.76. The summed E-state index contributed by atoms with van der Waals surface area (Å²) < 4.78 is 42.3. The summed E-state index contributed by atoms with van der Waals surface area (Å²) in [6.07, 6.45) is -4.62. The number of halogens is 4. The van der Waals surface area contributed by atoms with E-state index >= 15 is 0 Å². The molecule has 4 rings (SSSR count). The molecule has 0 saturated carbocycles. The third kappa shape index (κ3) is 4.65. The Morgan fingerprint density at radius 1 is 0.897 bits per heavy atom. The number of aromatic nitrogens is 4. The summed E-state index contributed by atoms with van der Waals surface area (Å²) in [7, 11) is 0. The summed E-state index contributed by atoms with van der Waals surface area (Å²) in [4.78, 5) is 4.03. The highest BCUT2D eigenvalue weighted by Gasteiger charge is 2.38. The van der Waals surface area contributed by atoms with Gasteiger partial charge in [0.2, 0.25) is 5.89 Å². The van der Waals surface area contributed by atoms with E-state index in [1.165, 1.54) is 0 Å². The highest BCUT2D eigenvalue weighted by atomic mass is 35.5. The van der Waals surface area contributed by atoms with Gasteiger partial charge >= 0.3 is 12.1 Å². The second-order valence-electron chi connectivity index (χ2n) is 6.55. The van der Waals surface area contributed by atoms with Crippen molar-refractivity contribution >= 4 is 17.4 Å². The molecule has 0 unspecified atom stereocenters. The Morgan fingerprint density at radius 3 is 2.21 bits per heavy atom. The first-order valence-corrected chi connectivity index (χ1v) is 9.23. The van der Waals surface area contributed by atoms with Crippen molar-refractivity contribution < 1.29 is 17.6 Å². The van der Waals surface area contributed by atoms with E-state index in [1.54, 1.807) is 12.1 Å². The molecule has 0 N–H and O–H groups in total. The molecule has 0 aliphatic carbocycles. The summed E-state index contributed by atoms with van der Waals surface area (Å²) in [5.41, 5.74) is 1.68. The van der Waals surface area contributed by atoms with E-state index < -0.39 is 12.1 Å². The Kier molecular flexibility index (Phi) is 5.37. The van der Waals surface area contributed by atoms with Crippen molar-refractivity contribution in [3.05, 3.63) is 53.2 Å². The zero-order valence-corrected chi connectivity index (χ0v) is 15.9. The lowest BCUT2D eigenvalue weighted by Crippen LogP contribution is -2.46. The first kappa shape index (κ1) is 19.6. The lowest BCUT2D eigenvalue weighted by molar-refractivity contribution is -0.157. The molecule has 7 nitrogen and oxygen atoms in total. The molecule has 0 radical (unpaired) electrons. The quantitative estimate of drug-likeness (QED) is 0.634. The lowest BCUT2D eigenvalue weighted by atomic mass is 10.1. The van der Waals surface area contributed by atoms with Crippen LogP contribution in [0.4, 0.5) is 19.0 Å². The van der Waals surface area contributed by atoms with Gasteiger partial charge in [-0.25, -0.2) is 0 Å². The molecule has 152 valence electrons. The second kappa shape index (κ2) is 7.96. The van der Waals surface area contributed by atoms with Gasteiger partial charge in [-0.1, -0.05) is 23.7 Å². The van der Waals surface area contributed by atoms with E-state index in [0.717, 1.165) is 17.1 Å². The fraction of sp³-hybridized carbons (Fsp3) is 0.333. The molecule has 1 aliphatic rings. The van der Waals surface area contributed by atoms with Crippen molar-refractivity contribution in [2.45, 2.75) is 12.7 Å². The number of benzene rings is 1. The van der Waals surface area contributed by atoms with E-state index in [0.29, 0.717) is 31.2 Å². The van der Waals surface area contributed by atoms with Gasteiger partial charge in [0.25, 0.3) is 0 Å². The number of hydrogen-bond acceptors (Lipinski definition) is 7. The average Bonchev–Trinajstić information content (AvgIpc) is 3.19. The zero-order valence-electron chi connectivity index (χ0n) is 15.1. The van der Waals surface area contributed by atoms with Crippen LogP contribution in [-0.4, -0.2) is 51.5 Å². The molecule has 0 amide bonds.